The van der Waals surface area contributed by atoms with Crippen LogP contribution in [0.3, 0.4) is 0 Å². The van der Waals surface area contributed by atoms with Crippen LogP contribution in [0.4, 0.5) is 0 Å². The molecule has 4 atom stereocenters. The Kier molecular flexibility index (Phi) is 16.7. The Morgan fingerprint density at radius 2 is 0.613 bits per heavy atom. The van der Waals surface area contributed by atoms with Crippen molar-refractivity contribution >= 4 is 112 Å². The van der Waals surface area contributed by atoms with Crippen molar-refractivity contribution in [2.75, 3.05) is 53.3 Å². The first-order valence-corrected chi connectivity index (χ1v) is 33.5. The smallest absolute Gasteiger partial charge is 0.137 e. The quantitative estimate of drug-likeness (QED) is 0.152. The fraction of sp³-hybridized carbons (Fsp3) is 0.500. The zero-order valence-corrected chi connectivity index (χ0v) is 46.5. The van der Waals surface area contributed by atoms with E-state index >= 15 is 0 Å². The third-order valence-corrected chi connectivity index (χ3v) is 27.6. The summed E-state index contributed by atoms with van der Waals surface area (Å²) >= 11 is 0. The highest BCUT2D eigenvalue weighted by Crippen LogP contribution is 2.55. The fourth-order valence-electron chi connectivity index (χ4n) is 5.84. The Labute approximate surface area is 378 Å². The monoisotopic (exact) mass is 950 g/mol. The van der Waals surface area contributed by atoms with Gasteiger partial charge in [-0.25, -0.2) is 29.9 Å². The van der Waals surface area contributed by atoms with Crippen molar-refractivity contribution < 1.29 is 9.13 Å². The zero-order chi connectivity index (χ0) is 47.0. The molecule has 0 saturated carbocycles. The van der Waals surface area contributed by atoms with E-state index in [4.69, 9.17) is 29.9 Å². The molecular formula is C48H72N6O2P6. The number of fused-ring (bicyclic) bond motifs is 3. The maximum atomic E-state index is 13.6. The second kappa shape index (κ2) is 19.8. The fourth-order valence-corrected chi connectivity index (χ4v) is 15.8. The molecule has 8 nitrogen and oxygen atoms in total. The number of benzene rings is 3. The summed E-state index contributed by atoms with van der Waals surface area (Å²) in [6.07, 6.45) is 0. The average molecular weight is 951 g/mol. The molecule has 0 fully saturated rings. The van der Waals surface area contributed by atoms with Gasteiger partial charge in [-0.3, -0.25) is 0 Å². The molecule has 3 heterocycles. The van der Waals surface area contributed by atoms with Crippen LogP contribution >= 0.6 is 46.0 Å². The van der Waals surface area contributed by atoms with Crippen molar-refractivity contribution in [2.24, 2.45) is 0 Å². The van der Waals surface area contributed by atoms with Gasteiger partial charge in [0, 0.05) is 10.3 Å². The summed E-state index contributed by atoms with van der Waals surface area (Å²) in [5.74, 6) is 0. The van der Waals surface area contributed by atoms with Crippen LogP contribution in [-0.4, -0.2) is 104 Å². The third kappa shape index (κ3) is 12.0. The van der Waals surface area contributed by atoms with Crippen molar-refractivity contribution in [1.82, 2.24) is 29.9 Å². The molecule has 0 unspecified atom stereocenters. The molecule has 0 N–H and O–H groups in total. The Morgan fingerprint density at radius 1 is 0.371 bits per heavy atom. The van der Waals surface area contributed by atoms with Crippen LogP contribution in [0.25, 0.3) is 33.1 Å². The van der Waals surface area contributed by atoms with Crippen molar-refractivity contribution in [2.45, 2.75) is 104 Å². The van der Waals surface area contributed by atoms with Gasteiger partial charge in [0.25, 0.3) is 0 Å². The Bertz CT molecular complexity index is 2620. The number of nitrogens with zero attached hydrogens (tertiary/aromatic N) is 6. The molecule has 14 heteroatoms. The second-order valence-electron chi connectivity index (χ2n) is 20.5. The highest BCUT2D eigenvalue weighted by atomic mass is 31.2. The minimum atomic E-state index is -2.65. The number of aromatic nitrogens is 6. The molecule has 0 amide bonds. The molecule has 0 aliphatic carbocycles. The van der Waals surface area contributed by atoms with Gasteiger partial charge in [-0.15, -0.1) is 0 Å². The molecule has 3 aromatic heterocycles. The maximum absolute atomic E-state index is 13.6. The first-order chi connectivity index (χ1) is 28.3. The number of rotatable bonds is 6. The standard InChI is InChI=1S/C18H28N2OP2.C15H22N2OP2.C15H22N2P2/c1-17(2,3)22(7)15-16(23(8,21)18(4,5)6)20-14-12-10-9-11-13(14)19-15;1-15(2,3)20(6,18)14-13(19(4)5)16-11-9-7-8-10-12(11)17-14;1-15(2,3)19(6)14-13(18(4)5)16-11-9-7-8-10-12(11)17-14/h9-12H,1-8H3;7-10H,1-6H3;7-10H,1-6H3/t22-,23+;20-;19-/m000/s1. The predicted octanol–water partition coefficient (Wildman–Crippen LogP) is 11.5. The third-order valence-electron chi connectivity index (χ3n) is 11.5. The van der Waals surface area contributed by atoms with Gasteiger partial charge < -0.3 is 9.13 Å². The van der Waals surface area contributed by atoms with E-state index in [0.717, 1.165) is 54.8 Å². The van der Waals surface area contributed by atoms with Gasteiger partial charge in [0.1, 0.15) is 25.2 Å². The number of para-hydroxylation sites is 6. The van der Waals surface area contributed by atoms with E-state index in [0.29, 0.717) is 0 Å². The summed E-state index contributed by atoms with van der Waals surface area (Å²) in [5.41, 5.74) is 11.3. The van der Waals surface area contributed by atoms with Crippen molar-refractivity contribution in [3.63, 3.8) is 0 Å². The van der Waals surface area contributed by atoms with Crippen molar-refractivity contribution in [1.29, 1.82) is 0 Å². The molecule has 6 rings (SSSR count). The van der Waals surface area contributed by atoms with E-state index < -0.39 is 30.1 Å². The van der Waals surface area contributed by atoms with Crippen molar-refractivity contribution in [3.8, 4) is 0 Å². The largest absolute Gasteiger partial charge is 0.317 e. The summed E-state index contributed by atoms with van der Waals surface area (Å²) < 4.78 is 27.0. The van der Waals surface area contributed by atoms with Gasteiger partial charge in [0.15, 0.2) is 0 Å². The van der Waals surface area contributed by atoms with Crippen LogP contribution in [0.15, 0.2) is 72.8 Å². The van der Waals surface area contributed by atoms with Crippen LogP contribution in [0, 0.1) is 0 Å². The van der Waals surface area contributed by atoms with Gasteiger partial charge in [0.2, 0.25) is 0 Å². The van der Waals surface area contributed by atoms with Gasteiger partial charge in [-0.2, -0.15) is 0 Å². The van der Waals surface area contributed by atoms with E-state index in [1.165, 1.54) is 10.9 Å². The lowest BCUT2D eigenvalue weighted by Crippen LogP contribution is -2.38. The highest BCUT2D eigenvalue weighted by Gasteiger charge is 2.40. The highest BCUT2D eigenvalue weighted by molar-refractivity contribution is 7.76. The predicted molar refractivity (Wildman–Crippen MR) is 286 cm³/mol. The molecule has 0 aliphatic heterocycles. The lowest BCUT2D eigenvalue weighted by molar-refractivity contribution is 0.560. The molecule has 0 radical (unpaired) electrons. The zero-order valence-electron chi connectivity index (χ0n) is 41.1. The van der Waals surface area contributed by atoms with Crippen LogP contribution in [0.2, 0.25) is 0 Å². The van der Waals surface area contributed by atoms with Crippen LogP contribution < -0.4 is 32.6 Å². The molecule has 6 aromatic rings. The summed E-state index contributed by atoms with van der Waals surface area (Å²) in [5, 5.41) is -0.261. The lowest BCUT2D eigenvalue weighted by Gasteiger charge is -2.33. The maximum Gasteiger partial charge on any atom is 0.137 e. The summed E-state index contributed by atoms with van der Waals surface area (Å²) in [6, 6.07) is 23.9. The average Bonchev–Trinajstić information content (AvgIpc) is 3.17. The van der Waals surface area contributed by atoms with Crippen LogP contribution in [0.1, 0.15) is 83.1 Å². The lowest BCUT2D eigenvalue weighted by atomic mass is 10.3. The van der Waals surface area contributed by atoms with Crippen LogP contribution in [0.5, 0.6) is 0 Å². The Balaban J connectivity index is 0.000000205. The first kappa shape index (κ1) is 52.5. The van der Waals surface area contributed by atoms with E-state index in [1.807, 2.05) is 116 Å². The second-order valence-corrected chi connectivity index (χ2v) is 37.9. The van der Waals surface area contributed by atoms with E-state index in [9.17, 15) is 9.13 Å². The molecule has 3 aromatic carbocycles. The summed E-state index contributed by atoms with van der Waals surface area (Å²) in [7, 11) is -6.78. The molecule has 0 saturated heterocycles. The van der Waals surface area contributed by atoms with E-state index in [-0.39, 0.29) is 36.5 Å². The summed E-state index contributed by atoms with van der Waals surface area (Å²) in [6.45, 7) is 42.8. The Hall–Kier alpha value is -2.14. The minimum absolute atomic E-state index is 0.0963. The van der Waals surface area contributed by atoms with E-state index in [2.05, 4.69) is 93.7 Å². The van der Waals surface area contributed by atoms with Crippen LogP contribution in [-0.2, 0) is 9.13 Å². The number of hydrogen-bond acceptors (Lipinski definition) is 8. The van der Waals surface area contributed by atoms with Gasteiger partial charge in [0.05, 0.1) is 54.8 Å². The van der Waals surface area contributed by atoms with Gasteiger partial charge in [-0.05, 0) is 100 Å². The summed E-state index contributed by atoms with van der Waals surface area (Å²) in [4.78, 5) is 29.1. The Morgan fingerprint density at radius 3 is 0.903 bits per heavy atom. The van der Waals surface area contributed by atoms with Gasteiger partial charge in [-0.1, -0.05) is 151 Å². The molecule has 0 aliphatic rings. The molecule has 62 heavy (non-hydrogen) atoms. The van der Waals surface area contributed by atoms with E-state index in [1.54, 1.807) is 0 Å². The molecular weight excluding hydrogens is 878 g/mol. The minimum Gasteiger partial charge on any atom is -0.317 e. The van der Waals surface area contributed by atoms with Gasteiger partial charge >= 0.3 is 0 Å². The number of hydrogen-bond donors (Lipinski definition) is 0. The van der Waals surface area contributed by atoms with Crippen molar-refractivity contribution in [3.05, 3.63) is 72.8 Å². The SMILES string of the molecule is CP(C)c1nc2ccccc2nc1[P@](C)(=O)C(C)(C)C.CP(C)c1nc2ccccc2nc1[P@](C)C(C)(C)C.C[P@@](c1nc2ccccc2nc1[P@@](C)(=O)C(C)(C)C)C(C)(C)C. The topological polar surface area (TPSA) is 111 Å². The molecule has 336 valence electrons. The first-order valence-electron chi connectivity index (χ1n) is 21.1. The molecule has 0 spiro atoms. The normalized spacial score (nSPS) is 15.6. The molecule has 0 bridgehead atoms.